The average Bonchev–Trinajstić information content (AvgIpc) is 2.73. The molecule has 0 saturated carbocycles. The van der Waals surface area contributed by atoms with Gasteiger partial charge in [-0.05, 0) is 50.6 Å². The van der Waals surface area contributed by atoms with Gasteiger partial charge in [0.15, 0.2) is 0 Å². The lowest BCUT2D eigenvalue weighted by molar-refractivity contribution is 0.0935. The lowest BCUT2D eigenvalue weighted by Crippen LogP contribution is -2.47. The summed E-state index contributed by atoms with van der Waals surface area (Å²) in [6.07, 6.45) is 0.743. The summed E-state index contributed by atoms with van der Waals surface area (Å²) >= 11 is 0. The zero-order chi connectivity index (χ0) is 21.9. The molecule has 0 unspecified atom stereocenters. The molecule has 6 nitrogen and oxygen atoms in total. The lowest BCUT2D eigenvalue weighted by Gasteiger charge is -2.32. The Morgan fingerprint density at radius 1 is 1.03 bits per heavy atom. The Hall–Kier alpha value is -2.22. The van der Waals surface area contributed by atoms with Crippen molar-refractivity contribution in [2.45, 2.75) is 38.1 Å². The van der Waals surface area contributed by atoms with Crippen molar-refractivity contribution in [3.8, 4) is 0 Å². The summed E-state index contributed by atoms with van der Waals surface area (Å²) < 4.78 is 27.9. The quantitative estimate of drug-likeness (QED) is 0.766. The highest BCUT2D eigenvalue weighted by Gasteiger charge is 2.29. The van der Waals surface area contributed by atoms with Crippen molar-refractivity contribution < 1.29 is 13.2 Å². The largest absolute Gasteiger partial charge is 0.345 e. The Kier molecular flexibility index (Phi) is 6.95. The van der Waals surface area contributed by atoms with Gasteiger partial charge in [0, 0.05) is 31.7 Å². The predicted octanol–water partition coefficient (Wildman–Crippen LogP) is 3.12. The molecule has 0 bridgehead atoms. The molecule has 2 aromatic rings. The van der Waals surface area contributed by atoms with Gasteiger partial charge >= 0.3 is 0 Å². The highest BCUT2D eigenvalue weighted by Crippen LogP contribution is 2.24. The Balaban J connectivity index is 1.83. The fourth-order valence-corrected chi connectivity index (χ4v) is 5.32. The number of hydrogen-bond acceptors (Lipinski definition) is 4. The molecule has 1 fully saturated rings. The van der Waals surface area contributed by atoms with Crippen LogP contribution in [-0.4, -0.2) is 56.8 Å². The maximum atomic E-state index is 13.2. The molecule has 30 heavy (non-hydrogen) atoms. The first kappa shape index (κ1) is 22.5. The summed E-state index contributed by atoms with van der Waals surface area (Å²) in [6.45, 7) is 8.13. The van der Waals surface area contributed by atoms with Gasteiger partial charge in [-0.25, -0.2) is 8.42 Å². The third kappa shape index (κ3) is 4.91. The van der Waals surface area contributed by atoms with Gasteiger partial charge in [-0.3, -0.25) is 4.79 Å². The molecule has 7 heteroatoms. The number of nitrogens with one attached hydrogen (secondary N) is 1. The molecule has 1 amide bonds. The number of aryl methyl sites for hydroxylation is 2. The van der Waals surface area contributed by atoms with E-state index in [1.165, 1.54) is 10.4 Å². The monoisotopic (exact) mass is 429 g/mol. The van der Waals surface area contributed by atoms with E-state index >= 15 is 0 Å². The zero-order valence-electron chi connectivity index (χ0n) is 18.2. The molecule has 1 aliphatic rings. The lowest BCUT2D eigenvalue weighted by atomic mass is 10.0. The van der Waals surface area contributed by atoms with Crippen LogP contribution >= 0.6 is 0 Å². The summed E-state index contributed by atoms with van der Waals surface area (Å²) in [5.74, 6) is -0.266. The molecule has 0 aromatic heterocycles. The van der Waals surface area contributed by atoms with Crippen molar-refractivity contribution in [1.82, 2.24) is 14.5 Å². The first-order valence-electron chi connectivity index (χ1n) is 10.4. The molecule has 0 radical (unpaired) electrons. The summed E-state index contributed by atoms with van der Waals surface area (Å²) in [5.41, 5.74) is 3.21. The molecule has 1 heterocycles. The van der Waals surface area contributed by atoms with Crippen molar-refractivity contribution in [2.75, 3.05) is 33.2 Å². The van der Waals surface area contributed by atoms with E-state index in [4.69, 9.17) is 0 Å². The van der Waals surface area contributed by atoms with Crippen molar-refractivity contribution in [3.05, 3.63) is 64.7 Å². The Morgan fingerprint density at radius 2 is 1.67 bits per heavy atom. The van der Waals surface area contributed by atoms with Crippen LogP contribution in [0.3, 0.4) is 0 Å². The standard InChI is InChI=1S/C23H31N3O3S/c1-5-21(19-9-6-17(2)7-10-19)24-23(27)20-11-8-18(3)22(16-20)30(28,29)26-14-12-25(4)13-15-26/h6-11,16,21H,5,12-15H2,1-4H3,(H,24,27)/t21-/m0/s1. The number of sulfonamides is 1. The minimum absolute atomic E-state index is 0.128. The van der Waals surface area contributed by atoms with Gasteiger partial charge in [-0.15, -0.1) is 0 Å². The van der Waals surface area contributed by atoms with Gasteiger partial charge in [0.25, 0.3) is 5.91 Å². The van der Waals surface area contributed by atoms with Gasteiger partial charge < -0.3 is 10.2 Å². The fraction of sp³-hybridized carbons (Fsp3) is 0.435. The van der Waals surface area contributed by atoms with E-state index in [-0.39, 0.29) is 16.8 Å². The van der Waals surface area contributed by atoms with Gasteiger partial charge in [-0.1, -0.05) is 42.8 Å². The molecule has 162 valence electrons. The predicted molar refractivity (Wildman–Crippen MR) is 119 cm³/mol. The minimum Gasteiger partial charge on any atom is -0.345 e. The minimum atomic E-state index is -3.64. The number of amides is 1. The number of likely N-dealkylation sites (N-methyl/N-ethyl adjacent to an activating group) is 1. The summed E-state index contributed by atoms with van der Waals surface area (Å²) in [5, 5.41) is 3.05. The normalized spacial score (nSPS) is 16.9. The van der Waals surface area contributed by atoms with Crippen LogP contribution in [0.1, 0.15) is 46.4 Å². The van der Waals surface area contributed by atoms with E-state index in [9.17, 15) is 13.2 Å². The van der Waals surface area contributed by atoms with Crippen LogP contribution in [0.15, 0.2) is 47.4 Å². The van der Waals surface area contributed by atoms with Crippen molar-refractivity contribution >= 4 is 15.9 Å². The van der Waals surface area contributed by atoms with Crippen molar-refractivity contribution in [3.63, 3.8) is 0 Å². The first-order chi connectivity index (χ1) is 14.2. The summed E-state index contributed by atoms with van der Waals surface area (Å²) in [4.78, 5) is 15.3. The number of nitrogens with zero attached hydrogens (tertiary/aromatic N) is 2. The summed E-state index contributed by atoms with van der Waals surface area (Å²) in [7, 11) is -1.65. The second kappa shape index (κ2) is 9.29. The van der Waals surface area contributed by atoms with Gasteiger partial charge in [-0.2, -0.15) is 4.31 Å². The first-order valence-corrected chi connectivity index (χ1v) is 11.8. The van der Waals surface area contributed by atoms with E-state index in [0.717, 1.165) is 17.5 Å². The maximum Gasteiger partial charge on any atom is 0.251 e. The highest BCUT2D eigenvalue weighted by molar-refractivity contribution is 7.89. The van der Waals surface area contributed by atoms with Crippen molar-refractivity contribution in [1.29, 1.82) is 0 Å². The number of rotatable bonds is 6. The number of carbonyl (C=O) groups excluding carboxylic acids is 1. The number of benzene rings is 2. The topological polar surface area (TPSA) is 69.7 Å². The third-order valence-corrected chi connectivity index (χ3v) is 7.76. The Labute approximate surface area is 179 Å². The molecule has 1 N–H and O–H groups in total. The van der Waals surface area contributed by atoms with E-state index < -0.39 is 10.0 Å². The van der Waals surface area contributed by atoms with Crippen LogP contribution in [0.5, 0.6) is 0 Å². The van der Waals surface area contributed by atoms with Crippen LogP contribution in [0.2, 0.25) is 0 Å². The second-order valence-corrected chi connectivity index (χ2v) is 9.94. The van der Waals surface area contributed by atoms with E-state index in [2.05, 4.69) is 10.2 Å². The van der Waals surface area contributed by atoms with E-state index in [1.54, 1.807) is 19.1 Å². The van der Waals surface area contributed by atoms with E-state index in [0.29, 0.717) is 37.3 Å². The Morgan fingerprint density at radius 3 is 2.27 bits per heavy atom. The van der Waals surface area contributed by atoms with Crippen molar-refractivity contribution in [2.24, 2.45) is 0 Å². The van der Waals surface area contributed by atoms with Crippen LogP contribution in [0.4, 0.5) is 0 Å². The number of hydrogen-bond donors (Lipinski definition) is 1. The van der Waals surface area contributed by atoms with E-state index in [1.807, 2.05) is 45.2 Å². The fourth-order valence-electron chi connectivity index (χ4n) is 3.65. The molecular formula is C23H31N3O3S. The molecule has 3 rings (SSSR count). The number of piperazine rings is 1. The van der Waals surface area contributed by atoms with Crippen LogP contribution in [-0.2, 0) is 10.0 Å². The van der Waals surface area contributed by atoms with Gasteiger partial charge in [0.2, 0.25) is 10.0 Å². The average molecular weight is 430 g/mol. The molecule has 1 aliphatic heterocycles. The van der Waals surface area contributed by atoms with Crippen LogP contribution in [0.25, 0.3) is 0 Å². The van der Waals surface area contributed by atoms with Gasteiger partial charge in [0.05, 0.1) is 10.9 Å². The molecular weight excluding hydrogens is 398 g/mol. The summed E-state index contributed by atoms with van der Waals surface area (Å²) in [6, 6.07) is 12.9. The smallest absolute Gasteiger partial charge is 0.251 e. The zero-order valence-corrected chi connectivity index (χ0v) is 19.0. The van der Waals surface area contributed by atoms with Crippen LogP contribution < -0.4 is 5.32 Å². The molecule has 0 spiro atoms. The molecule has 0 aliphatic carbocycles. The van der Waals surface area contributed by atoms with Crippen LogP contribution in [0, 0.1) is 13.8 Å². The third-order valence-electron chi connectivity index (χ3n) is 5.72. The number of carbonyl (C=O) groups is 1. The maximum absolute atomic E-state index is 13.2. The Bertz CT molecular complexity index is 995. The molecule has 1 saturated heterocycles. The SMILES string of the molecule is CC[C@H](NC(=O)c1ccc(C)c(S(=O)(=O)N2CCN(C)CC2)c1)c1ccc(C)cc1. The second-order valence-electron chi connectivity index (χ2n) is 8.03. The molecule has 1 atom stereocenters. The highest BCUT2D eigenvalue weighted by atomic mass is 32.2. The molecule has 2 aromatic carbocycles. The van der Waals surface area contributed by atoms with Gasteiger partial charge in [0.1, 0.15) is 0 Å².